The van der Waals surface area contributed by atoms with Crippen molar-refractivity contribution < 1.29 is 9.42 Å². The van der Waals surface area contributed by atoms with E-state index in [9.17, 15) is 4.89 Å². The van der Waals surface area contributed by atoms with Gasteiger partial charge in [-0.1, -0.05) is 48.5 Å². The van der Waals surface area contributed by atoms with E-state index in [0.717, 1.165) is 10.9 Å². The molecule has 0 aliphatic carbocycles. The summed E-state index contributed by atoms with van der Waals surface area (Å²) in [6.07, 6.45) is 0. The molecule has 0 aromatic heterocycles. The Labute approximate surface area is 114 Å². The Morgan fingerprint density at radius 2 is 1.63 bits per heavy atom. The van der Waals surface area contributed by atoms with Crippen molar-refractivity contribution in [3.05, 3.63) is 66.2 Å². The predicted octanol–water partition coefficient (Wildman–Crippen LogP) is 2.14. The molecule has 19 heavy (non-hydrogen) atoms. The number of likely N-dealkylation sites (N-methyl/N-ethyl adjacent to an activating group) is 1. The van der Waals surface area contributed by atoms with Crippen LogP contribution in [0, 0.1) is 0 Å². The third kappa shape index (κ3) is 2.19. The van der Waals surface area contributed by atoms with Crippen molar-refractivity contribution in [2.45, 2.75) is 6.04 Å². The Kier molecular flexibility index (Phi) is 3.38. The zero-order valence-electron chi connectivity index (χ0n) is 10.8. The highest BCUT2D eigenvalue weighted by Crippen LogP contribution is 2.61. The van der Waals surface area contributed by atoms with Crippen LogP contribution in [0.25, 0.3) is 0 Å². The molecule has 0 saturated carbocycles. The van der Waals surface area contributed by atoms with Crippen LogP contribution in [-0.4, -0.2) is 18.3 Å². The lowest BCUT2D eigenvalue weighted by molar-refractivity contribution is -0.193. The van der Waals surface area contributed by atoms with Crippen molar-refractivity contribution in [3.63, 3.8) is 0 Å². The van der Waals surface area contributed by atoms with E-state index in [-0.39, 0.29) is 6.04 Å². The number of rotatable bonds is 2. The molecule has 1 aliphatic rings. The summed E-state index contributed by atoms with van der Waals surface area (Å²) in [4.78, 5) is 13.0. The summed E-state index contributed by atoms with van der Waals surface area (Å²) >= 11 is 0. The molecule has 3 nitrogen and oxygen atoms in total. The molecule has 0 radical (unpaired) electrons. The summed E-state index contributed by atoms with van der Waals surface area (Å²) in [6, 6.07) is 19.5. The number of hydrogen-bond donors (Lipinski definition) is 0. The van der Waals surface area contributed by atoms with Gasteiger partial charge in [0.2, 0.25) is 7.87 Å². The van der Waals surface area contributed by atoms with Crippen LogP contribution in [-0.2, 0) is 4.52 Å². The zero-order valence-corrected chi connectivity index (χ0v) is 11.7. The molecule has 1 aliphatic heterocycles. The van der Waals surface area contributed by atoms with Crippen molar-refractivity contribution in [2.24, 2.45) is 0 Å². The molecule has 3 rings (SSSR count). The highest BCUT2D eigenvalue weighted by atomic mass is 31.2. The third-order valence-corrected chi connectivity index (χ3v) is 6.10. The predicted molar refractivity (Wildman–Crippen MR) is 75.9 cm³/mol. The first-order valence-electron chi connectivity index (χ1n) is 6.30. The fraction of sp³-hybridized carbons (Fsp3) is 0.200. The van der Waals surface area contributed by atoms with Crippen LogP contribution < -0.4 is 10.2 Å². The Morgan fingerprint density at radius 1 is 1.05 bits per heavy atom. The van der Waals surface area contributed by atoms with Gasteiger partial charge in [-0.25, -0.2) is 4.52 Å². The van der Waals surface area contributed by atoms with Crippen molar-refractivity contribution in [1.82, 2.24) is 4.67 Å². The SMILES string of the molecule is CN1[C@H](c2ccccc2)CO[P+]1([O-])c1ccccc1. The average Bonchev–Trinajstić information content (AvgIpc) is 2.78. The lowest BCUT2D eigenvalue weighted by Gasteiger charge is -2.30. The molecule has 2 aromatic rings. The fourth-order valence-corrected chi connectivity index (χ4v) is 4.57. The monoisotopic (exact) mass is 273 g/mol. The molecule has 1 fully saturated rings. The van der Waals surface area contributed by atoms with Gasteiger partial charge in [-0.2, -0.15) is 0 Å². The summed E-state index contributed by atoms with van der Waals surface area (Å²) in [5.41, 5.74) is 1.14. The average molecular weight is 273 g/mol. The van der Waals surface area contributed by atoms with E-state index in [1.807, 2.05) is 72.4 Å². The van der Waals surface area contributed by atoms with Crippen LogP contribution in [0.1, 0.15) is 11.6 Å². The molecule has 1 unspecified atom stereocenters. The van der Waals surface area contributed by atoms with Gasteiger partial charge in [-0.3, -0.25) is 0 Å². The molecule has 4 heteroatoms. The van der Waals surface area contributed by atoms with Gasteiger partial charge in [-0.05, 0) is 17.7 Å². The molecule has 1 saturated heterocycles. The molecule has 0 N–H and O–H groups in total. The molecule has 0 spiro atoms. The van der Waals surface area contributed by atoms with Gasteiger partial charge >= 0.3 is 0 Å². The van der Waals surface area contributed by atoms with Crippen molar-refractivity contribution in [3.8, 4) is 0 Å². The van der Waals surface area contributed by atoms with E-state index < -0.39 is 7.87 Å². The Hall–Kier alpha value is -1.25. The second-order valence-electron chi connectivity index (χ2n) is 4.65. The number of hydrogen-bond acceptors (Lipinski definition) is 3. The zero-order chi connectivity index (χ0) is 13.3. The molecule has 1 heterocycles. The van der Waals surface area contributed by atoms with Gasteiger partial charge in [0.1, 0.15) is 11.9 Å². The minimum Gasteiger partial charge on any atom is -0.637 e. The summed E-state index contributed by atoms with van der Waals surface area (Å²) < 4.78 is 7.56. The van der Waals surface area contributed by atoms with Gasteiger partial charge in [0, 0.05) is 7.05 Å². The smallest absolute Gasteiger partial charge is 0.208 e. The first kappa shape index (κ1) is 12.8. The first-order valence-corrected chi connectivity index (χ1v) is 7.88. The summed E-state index contributed by atoms with van der Waals surface area (Å²) in [6.45, 7) is 0.465. The van der Waals surface area contributed by atoms with Crippen LogP contribution >= 0.6 is 7.87 Å². The van der Waals surface area contributed by atoms with E-state index in [4.69, 9.17) is 4.52 Å². The minimum absolute atomic E-state index is 0.0484. The third-order valence-electron chi connectivity index (χ3n) is 3.54. The fourth-order valence-electron chi connectivity index (χ4n) is 2.41. The lowest BCUT2D eigenvalue weighted by atomic mass is 10.1. The second kappa shape index (κ2) is 5.03. The molecule has 0 bridgehead atoms. The maximum atomic E-state index is 13.0. The number of nitrogens with zero attached hydrogens (tertiary/aromatic N) is 1. The van der Waals surface area contributed by atoms with E-state index in [1.165, 1.54) is 0 Å². The molecule has 2 atom stereocenters. The molecule has 98 valence electrons. The maximum absolute atomic E-state index is 13.0. The van der Waals surface area contributed by atoms with Crippen molar-refractivity contribution >= 4 is 13.2 Å². The van der Waals surface area contributed by atoms with Gasteiger partial charge in [-0.15, -0.1) is 4.67 Å². The molecule has 2 aromatic carbocycles. The van der Waals surface area contributed by atoms with Gasteiger partial charge in [0.05, 0.1) is 6.04 Å². The standard InChI is InChI=1S/C15H16NO2P/c1-16-15(13-8-4-2-5-9-13)12-18-19(16,17)14-10-6-3-7-11-14/h2-11,15H,12H2,1H3/t15-,19?/m0/s1. The van der Waals surface area contributed by atoms with Gasteiger partial charge in [0.15, 0.2) is 0 Å². The Bertz CT molecular complexity index is 549. The Morgan fingerprint density at radius 3 is 2.26 bits per heavy atom. The van der Waals surface area contributed by atoms with Crippen LogP contribution in [0.4, 0.5) is 0 Å². The largest absolute Gasteiger partial charge is 0.637 e. The second-order valence-corrected chi connectivity index (χ2v) is 7.10. The van der Waals surface area contributed by atoms with Gasteiger partial charge in [0.25, 0.3) is 0 Å². The molecular formula is C15H16NO2P. The normalized spacial score (nSPS) is 27.6. The van der Waals surface area contributed by atoms with E-state index in [0.29, 0.717) is 6.61 Å². The van der Waals surface area contributed by atoms with Crippen molar-refractivity contribution in [1.29, 1.82) is 0 Å². The highest BCUT2D eigenvalue weighted by molar-refractivity contribution is 7.69. The topological polar surface area (TPSA) is 35.5 Å². The minimum atomic E-state index is -2.90. The van der Waals surface area contributed by atoms with Crippen LogP contribution in [0.3, 0.4) is 0 Å². The van der Waals surface area contributed by atoms with E-state index in [2.05, 4.69) is 0 Å². The first-order chi connectivity index (χ1) is 9.22. The van der Waals surface area contributed by atoms with E-state index in [1.54, 1.807) is 0 Å². The molecular weight excluding hydrogens is 257 g/mol. The summed E-state index contributed by atoms with van der Waals surface area (Å²) in [5, 5.41) is 0.760. The maximum Gasteiger partial charge on any atom is 0.208 e. The van der Waals surface area contributed by atoms with Crippen LogP contribution in [0.5, 0.6) is 0 Å². The summed E-state index contributed by atoms with van der Waals surface area (Å²) in [5.74, 6) is 0. The van der Waals surface area contributed by atoms with Crippen LogP contribution in [0.15, 0.2) is 60.7 Å². The highest BCUT2D eigenvalue weighted by Gasteiger charge is 2.48. The van der Waals surface area contributed by atoms with Crippen molar-refractivity contribution in [2.75, 3.05) is 13.7 Å². The molecule has 0 amide bonds. The summed E-state index contributed by atoms with van der Waals surface area (Å²) in [7, 11) is -1.03. The van der Waals surface area contributed by atoms with Crippen LogP contribution in [0.2, 0.25) is 0 Å². The van der Waals surface area contributed by atoms with Gasteiger partial charge < -0.3 is 4.89 Å². The quantitative estimate of drug-likeness (QED) is 0.786. The van der Waals surface area contributed by atoms with E-state index >= 15 is 0 Å². The Balaban J connectivity index is 1.92. The number of benzene rings is 2. The lowest BCUT2D eigenvalue weighted by Crippen LogP contribution is -2.32.